The summed E-state index contributed by atoms with van der Waals surface area (Å²) in [6.45, 7) is 4.07. The van der Waals surface area contributed by atoms with Crippen LogP contribution in [0.1, 0.15) is 386 Å². The Bertz CT molecular complexity index is 1600. The molecular weight excluding hydrogens is 1050 g/mol. The Morgan fingerprint density at radius 3 is 0.767 bits per heavy atom. The van der Waals surface area contributed by atoms with Gasteiger partial charge < -0.3 is 14.6 Å². The summed E-state index contributed by atoms with van der Waals surface area (Å²) in [6, 6.07) is 0. The minimum Gasteiger partial charge on any atom is -0.462 e. The van der Waals surface area contributed by atoms with Crippen molar-refractivity contribution in [2.45, 2.75) is 392 Å². The monoisotopic (exact) mass is 1200 g/mol. The first kappa shape index (κ1) is 82.8. The summed E-state index contributed by atoms with van der Waals surface area (Å²) in [5.74, 6) is -0.571. The highest BCUT2D eigenvalue weighted by molar-refractivity contribution is 5.70. The van der Waals surface area contributed by atoms with Crippen LogP contribution in [0.4, 0.5) is 0 Å². The number of ether oxygens (including phenoxy) is 2. The van der Waals surface area contributed by atoms with Gasteiger partial charge in [-0.1, -0.05) is 374 Å². The van der Waals surface area contributed by atoms with E-state index in [9.17, 15) is 14.7 Å². The Hall–Kier alpha value is -3.18. The predicted molar refractivity (Wildman–Crippen MR) is 380 cm³/mol. The van der Waals surface area contributed by atoms with Gasteiger partial charge in [-0.3, -0.25) is 9.59 Å². The molecule has 0 aliphatic carbocycles. The Kier molecular flexibility index (Phi) is 73.3. The lowest BCUT2D eigenvalue weighted by atomic mass is 10.0. The fourth-order valence-electron chi connectivity index (χ4n) is 11.2. The van der Waals surface area contributed by atoms with Crippen LogP contribution in [0.15, 0.2) is 97.2 Å². The molecule has 0 spiro atoms. The molecule has 0 fully saturated rings. The van der Waals surface area contributed by atoms with Gasteiger partial charge in [-0.25, -0.2) is 0 Å². The molecule has 0 aliphatic rings. The summed E-state index contributed by atoms with van der Waals surface area (Å²) in [7, 11) is 0. The van der Waals surface area contributed by atoms with Crippen molar-refractivity contribution in [1.29, 1.82) is 0 Å². The second kappa shape index (κ2) is 76.1. The van der Waals surface area contributed by atoms with Crippen LogP contribution in [-0.4, -0.2) is 36.4 Å². The highest BCUT2D eigenvalue weighted by Crippen LogP contribution is 2.19. The highest BCUT2D eigenvalue weighted by Gasteiger charge is 2.16. The molecule has 0 aromatic carbocycles. The zero-order chi connectivity index (χ0) is 61.9. The molecule has 0 bridgehead atoms. The number of aliphatic hydroxyl groups excluding tert-OH is 1. The average Bonchev–Trinajstić information content (AvgIpc) is 3.54. The zero-order valence-corrected chi connectivity index (χ0v) is 57.3. The number of esters is 2. The van der Waals surface area contributed by atoms with Gasteiger partial charge in [0, 0.05) is 12.8 Å². The molecule has 0 saturated carbocycles. The molecule has 498 valence electrons. The van der Waals surface area contributed by atoms with Gasteiger partial charge in [0.25, 0.3) is 0 Å². The summed E-state index contributed by atoms with van der Waals surface area (Å²) < 4.78 is 10.8. The molecule has 5 heteroatoms. The number of carbonyl (C=O) groups is 2. The van der Waals surface area contributed by atoms with Crippen LogP contribution in [0.2, 0.25) is 0 Å². The maximum Gasteiger partial charge on any atom is 0.306 e. The summed E-state index contributed by atoms with van der Waals surface area (Å²) in [5.41, 5.74) is 0. The van der Waals surface area contributed by atoms with Crippen LogP contribution in [0, 0.1) is 0 Å². The van der Waals surface area contributed by atoms with Crippen LogP contribution in [0.3, 0.4) is 0 Å². The molecule has 0 rings (SSSR count). The van der Waals surface area contributed by atoms with E-state index in [-0.39, 0.29) is 25.2 Å². The maximum atomic E-state index is 12.4. The van der Waals surface area contributed by atoms with E-state index >= 15 is 0 Å². The Labute approximate surface area is 536 Å². The SMILES string of the molecule is CC/C=C\C/C=C\C/C=C\C/C=C\C/C=C\C/C=C\C/C=C\CCCCCCCCCCCCCCCCCCCCCC(=O)OC(CO)COC(=O)CCCCCCCCCCCCCCCCCCCCC/C=C\CCCCCCCCCC. The van der Waals surface area contributed by atoms with Crippen molar-refractivity contribution in [2.24, 2.45) is 0 Å². The minimum atomic E-state index is -0.774. The van der Waals surface area contributed by atoms with Gasteiger partial charge in [-0.05, 0) is 96.3 Å². The molecule has 0 aliphatic heterocycles. The molecule has 0 aromatic rings. The van der Waals surface area contributed by atoms with Gasteiger partial charge in [0.1, 0.15) is 6.61 Å². The smallest absolute Gasteiger partial charge is 0.306 e. The van der Waals surface area contributed by atoms with Gasteiger partial charge >= 0.3 is 11.9 Å². The third-order valence-corrected chi connectivity index (χ3v) is 16.9. The highest BCUT2D eigenvalue weighted by atomic mass is 16.6. The quantitative estimate of drug-likeness (QED) is 0.0373. The zero-order valence-electron chi connectivity index (χ0n) is 57.3. The molecule has 0 aromatic heterocycles. The van der Waals surface area contributed by atoms with Crippen LogP contribution < -0.4 is 0 Å². The van der Waals surface area contributed by atoms with Crippen molar-refractivity contribution in [3.63, 3.8) is 0 Å². The fourth-order valence-corrected chi connectivity index (χ4v) is 11.2. The number of allylic oxidation sites excluding steroid dienone is 16. The topological polar surface area (TPSA) is 72.8 Å². The van der Waals surface area contributed by atoms with E-state index in [0.717, 1.165) is 83.5 Å². The Balaban J connectivity index is 3.42. The minimum absolute atomic E-state index is 0.0627. The Morgan fingerprint density at radius 1 is 0.279 bits per heavy atom. The lowest BCUT2D eigenvalue weighted by Crippen LogP contribution is -2.28. The van der Waals surface area contributed by atoms with E-state index in [1.807, 2.05) is 0 Å². The summed E-state index contributed by atoms with van der Waals surface area (Å²) in [6.07, 6.45) is 109. The lowest BCUT2D eigenvalue weighted by molar-refractivity contribution is -0.161. The lowest BCUT2D eigenvalue weighted by Gasteiger charge is -2.15. The first-order valence-corrected chi connectivity index (χ1v) is 37.8. The molecule has 0 saturated heterocycles. The number of unbranched alkanes of at least 4 members (excludes halogenated alkanes) is 46. The fraction of sp³-hybridized carbons (Fsp3) is 0.778. The first-order chi connectivity index (χ1) is 42.6. The third kappa shape index (κ3) is 73.3. The van der Waals surface area contributed by atoms with Crippen LogP contribution >= 0.6 is 0 Å². The number of carbonyl (C=O) groups excluding carboxylic acids is 2. The molecule has 5 nitrogen and oxygen atoms in total. The second-order valence-electron chi connectivity index (χ2n) is 25.3. The van der Waals surface area contributed by atoms with Crippen molar-refractivity contribution in [3.8, 4) is 0 Å². The Morgan fingerprint density at radius 2 is 0.500 bits per heavy atom. The van der Waals surface area contributed by atoms with Gasteiger partial charge in [-0.2, -0.15) is 0 Å². The standard InChI is InChI=1S/C81H144O5/c1-3-5-7-9-11-13-15-17-19-21-23-25-27-29-31-33-35-36-37-38-39-40-41-42-43-44-46-48-50-52-54-56-58-60-62-64-66-68-70-72-74-76-81(84)86-79(77-82)78-85-80(83)75-73-71-69-67-65-63-61-59-57-55-53-51-49-47-45-34-32-30-28-26-24-22-20-18-16-14-12-10-8-6-4-2/h5,7,11,13,17,19,22-25,29,31,35-36,38-39,79,82H,3-4,6,8-10,12,14-16,18,20-21,26-28,30,32-34,37,40-78H2,1-2H3/b7-5-,13-11-,19-17-,24-22-,25-23-,31-29-,36-35-,39-38-. The van der Waals surface area contributed by atoms with Crippen molar-refractivity contribution < 1.29 is 24.2 Å². The molecule has 1 atom stereocenters. The number of hydrogen-bond donors (Lipinski definition) is 1. The number of hydrogen-bond acceptors (Lipinski definition) is 5. The molecular formula is C81H144O5. The number of rotatable bonds is 70. The van der Waals surface area contributed by atoms with Crippen LogP contribution in [0.5, 0.6) is 0 Å². The molecule has 86 heavy (non-hydrogen) atoms. The van der Waals surface area contributed by atoms with Crippen molar-refractivity contribution >= 4 is 11.9 Å². The molecule has 1 N–H and O–H groups in total. The molecule has 0 radical (unpaired) electrons. The maximum absolute atomic E-state index is 12.4. The van der Waals surface area contributed by atoms with Gasteiger partial charge in [-0.15, -0.1) is 0 Å². The van der Waals surface area contributed by atoms with Crippen LogP contribution in [-0.2, 0) is 19.1 Å². The van der Waals surface area contributed by atoms with Crippen molar-refractivity contribution in [3.05, 3.63) is 97.2 Å². The van der Waals surface area contributed by atoms with Gasteiger partial charge in [0.05, 0.1) is 6.61 Å². The van der Waals surface area contributed by atoms with E-state index in [4.69, 9.17) is 9.47 Å². The summed E-state index contributed by atoms with van der Waals surface area (Å²) >= 11 is 0. The van der Waals surface area contributed by atoms with Crippen LogP contribution in [0.25, 0.3) is 0 Å². The first-order valence-electron chi connectivity index (χ1n) is 37.8. The van der Waals surface area contributed by atoms with Gasteiger partial charge in [0.15, 0.2) is 6.10 Å². The second-order valence-corrected chi connectivity index (χ2v) is 25.3. The van der Waals surface area contributed by atoms with Gasteiger partial charge in [0.2, 0.25) is 0 Å². The summed E-state index contributed by atoms with van der Waals surface area (Å²) in [4.78, 5) is 24.7. The molecule has 1 unspecified atom stereocenters. The van der Waals surface area contributed by atoms with E-state index in [1.165, 1.54) is 276 Å². The average molecular weight is 1200 g/mol. The molecule has 0 heterocycles. The van der Waals surface area contributed by atoms with Crippen molar-refractivity contribution in [2.75, 3.05) is 13.2 Å². The number of aliphatic hydroxyl groups is 1. The summed E-state index contributed by atoms with van der Waals surface area (Å²) in [5, 5.41) is 9.72. The van der Waals surface area contributed by atoms with E-state index in [1.54, 1.807) is 0 Å². The van der Waals surface area contributed by atoms with E-state index in [2.05, 4.69) is 111 Å². The largest absolute Gasteiger partial charge is 0.462 e. The van der Waals surface area contributed by atoms with Crippen molar-refractivity contribution in [1.82, 2.24) is 0 Å². The molecule has 0 amide bonds. The van der Waals surface area contributed by atoms with E-state index < -0.39 is 6.10 Å². The normalized spacial score (nSPS) is 12.7. The third-order valence-electron chi connectivity index (χ3n) is 16.9. The predicted octanol–water partition coefficient (Wildman–Crippen LogP) is 26.5. The van der Waals surface area contributed by atoms with E-state index in [0.29, 0.717) is 12.8 Å².